The first kappa shape index (κ1) is 32.7. The molecule has 47 heavy (non-hydrogen) atoms. The normalized spacial score (nSPS) is 22.9. The van der Waals surface area contributed by atoms with Crippen LogP contribution in [0.4, 0.5) is 11.4 Å². The highest BCUT2D eigenvalue weighted by atomic mass is 16.5. The predicted octanol–water partition coefficient (Wildman–Crippen LogP) is 6.10. The van der Waals surface area contributed by atoms with E-state index >= 15 is 0 Å². The maximum absolute atomic E-state index is 13.3. The molecule has 2 aromatic rings. The number of hydrogen-bond donors (Lipinski definition) is 0. The van der Waals surface area contributed by atoms with Crippen molar-refractivity contribution >= 4 is 35.6 Å². The molecule has 0 bridgehead atoms. The Morgan fingerprint density at radius 1 is 0.660 bits per heavy atom. The molecule has 4 atom stereocenters. The molecule has 0 spiro atoms. The van der Waals surface area contributed by atoms with E-state index in [1.807, 2.05) is 36.7 Å². The van der Waals surface area contributed by atoms with Gasteiger partial charge in [0.25, 0.3) is 11.8 Å². The number of nitrogens with zero attached hydrogens (tertiary/aromatic N) is 4. The van der Waals surface area contributed by atoms with E-state index in [0.29, 0.717) is 60.3 Å². The lowest BCUT2D eigenvalue weighted by Gasteiger charge is -2.23. The van der Waals surface area contributed by atoms with Gasteiger partial charge in [0.1, 0.15) is 23.7 Å². The molecule has 2 unspecified atom stereocenters. The van der Waals surface area contributed by atoms with Crippen molar-refractivity contribution in [3.05, 3.63) is 71.8 Å². The van der Waals surface area contributed by atoms with E-state index < -0.39 is 0 Å². The van der Waals surface area contributed by atoms with Crippen molar-refractivity contribution in [3.63, 3.8) is 0 Å². The van der Waals surface area contributed by atoms with E-state index in [1.54, 1.807) is 36.2 Å². The van der Waals surface area contributed by atoms with E-state index in [0.717, 1.165) is 56.1 Å². The summed E-state index contributed by atoms with van der Waals surface area (Å²) in [6.45, 7) is 10.6. The molecule has 4 aliphatic rings. The Balaban J connectivity index is 0.862. The van der Waals surface area contributed by atoms with Gasteiger partial charge in [-0.2, -0.15) is 0 Å². The van der Waals surface area contributed by atoms with Crippen molar-refractivity contribution in [2.75, 3.05) is 40.5 Å². The van der Waals surface area contributed by atoms with Crippen molar-refractivity contribution in [2.45, 2.75) is 69.2 Å². The number of aliphatic imine (C=N–C) groups is 2. The van der Waals surface area contributed by atoms with Gasteiger partial charge in [-0.25, -0.2) is 0 Å². The van der Waals surface area contributed by atoms with Gasteiger partial charge < -0.3 is 28.7 Å². The Morgan fingerprint density at radius 2 is 1.06 bits per heavy atom. The molecule has 4 aliphatic heterocycles. The Kier molecular flexibility index (Phi) is 10.2. The second kappa shape index (κ2) is 14.6. The van der Waals surface area contributed by atoms with Gasteiger partial charge in [0.15, 0.2) is 0 Å². The predicted molar refractivity (Wildman–Crippen MR) is 182 cm³/mol. The largest absolute Gasteiger partial charge is 0.497 e. The van der Waals surface area contributed by atoms with Crippen LogP contribution in [0.5, 0.6) is 11.5 Å². The minimum atomic E-state index is -0.254. The van der Waals surface area contributed by atoms with Gasteiger partial charge in [0.2, 0.25) is 0 Å². The topological polar surface area (TPSA) is 102 Å². The summed E-state index contributed by atoms with van der Waals surface area (Å²) < 4.78 is 23.1. The molecule has 2 fully saturated rings. The first-order valence-corrected chi connectivity index (χ1v) is 16.5. The number of rotatable bonds is 14. The van der Waals surface area contributed by atoms with Crippen LogP contribution in [-0.4, -0.2) is 98.9 Å². The van der Waals surface area contributed by atoms with E-state index in [-0.39, 0.29) is 36.1 Å². The lowest BCUT2D eigenvalue weighted by atomic mass is 10.1. The average molecular weight is 641 g/mol. The molecule has 10 nitrogen and oxygen atoms in total. The Labute approximate surface area is 276 Å². The average Bonchev–Trinajstić information content (AvgIpc) is 3.48. The highest BCUT2D eigenvalue weighted by Gasteiger charge is 2.43. The number of ether oxygens (including phenoxy) is 4. The van der Waals surface area contributed by atoms with Gasteiger partial charge in [-0.05, 0) is 60.4 Å². The zero-order valence-corrected chi connectivity index (χ0v) is 27.4. The van der Waals surface area contributed by atoms with E-state index in [2.05, 4.69) is 23.1 Å². The van der Waals surface area contributed by atoms with Crippen LogP contribution < -0.4 is 9.47 Å². The van der Waals surface area contributed by atoms with Crippen molar-refractivity contribution in [2.24, 2.45) is 9.98 Å². The fourth-order valence-electron chi connectivity index (χ4n) is 6.79. The Morgan fingerprint density at radius 3 is 1.47 bits per heavy atom. The highest BCUT2D eigenvalue weighted by molar-refractivity contribution is 6.04. The van der Waals surface area contributed by atoms with Gasteiger partial charge in [0, 0.05) is 38.7 Å². The third kappa shape index (κ3) is 6.89. The molecule has 10 heteroatoms. The van der Waals surface area contributed by atoms with E-state index in [4.69, 9.17) is 18.9 Å². The Hall–Kier alpha value is -4.28. The van der Waals surface area contributed by atoms with Crippen LogP contribution >= 0.6 is 0 Å². The van der Waals surface area contributed by atoms with E-state index in [9.17, 15) is 9.59 Å². The zero-order chi connectivity index (χ0) is 32.9. The summed E-state index contributed by atoms with van der Waals surface area (Å²) in [4.78, 5) is 39.4. The summed E-state index contributed by atoms with van der Waals surface area (Å²) in [7, 11) is 3.18. The summed E-state index contributed by atoms with van der Waals surface area (Å²) in [6.07, 6.45) is 10.7. The van der Waals surface area contributed by atoms with Crippen LogP contribution in [0.2, 0.25) is 0 Å². The second-order valence-corrected chi connectivity index (χ2v) is 12.5. The minimum absolute atomic E-state index is 0.0741. The van der Waals surface area contributed by atoms with Crippen LogP contribution in [0.3, 0.4) is 0 Å². The molecule has 0 aliphatic carbocycles. The summed E-state index contributed by atoms with van der Waals surface area (Å²) >= 11 is 0. The molecular weight excluding hydrogens is 596 g/mol. The molecule has 6 rings (SSSR count). The molecule has 2 saturated heterocycles. The third-order valence-corrected chi connectivity index (χ3v) is 9.40. The summed E-state index contributed by atoms with van der Waals surface area (Å²) in [5.74, 6) is 1.12. The van der Waals surface area contributed by atoms with Crippen LogP contribution in [0.15, 0.2) is 70.7 Å². The molecular formula is C37H44N4O6. The molecule has 2 amide bonds. The molecule has 4 heterocycles. The van der Waals surface area contributed by atoms with Crippen LogP contribution in [0.1, 0.15) is 65.7 Å². The fourth-order valence-corrected chi connectivity index (χ4v) is 6.79. The maximum atomic E-state index is 13.3. The van der Waals surface area contributed by atoms with Crippen LogP contribution in [-0.2, 0) is 9.47 Å². The molecule has 0 aromatic heterocycles. The molecule has 0 radical (unpaired) electrons. The number of carbonyl (C=O) groups is 2. The van der Waals surface area contributed by atoms with Gasteiger partial charge in [-0.3, -0.25) is 19.6 Å². The minimum Gasteiger partial charge on any atom is -0.497 e. The number of hydrogen-bond acceptors (Lipinski definition) is 8. The first-order chi connectivity index (χ1) is 22.9. The second-order valence-electron chi connectivity index (χ2n) is 12.5. The fraction of sp³-hybridized carbons (Fsp3) is 0.459. The number of fused-ring (bicyclic) bond motifs is 4. The van der Waals surface area contributed by atoms with Crippen LogP contribution in [0, 0.1) is 0 Å². The SMILES string of the molecule is C=C1CN2C(=O)c3cc(OC)ccc3N=C[C@@H]2C1OCCCCCCCCCOC1C(=C)CN2C(=O)c3cc(OC)ccc3N=C[C@H]12. The number of unbranched alkanes of at least 4 members (excludes halogenated alkanes) is 6. The smallest absolute Gasteiger partial charge is 0.257 e. The third-order valence-electron chi connectivity index (χ3n) is 9.40. The van der Waals surface area contributed by atoms with Gasteiger partial charge in [0.05, 0.1) is 48.8 Å². The molecule has 2 aromatic carbocycles. The number of carbonyl (C=O) groups excluding carboxylic acids is 2. The lowest BCUT2D eigenvalue weighted by Crippen LogP contribution is -2.40. The van der Waals surface area contributed by atoms with E-state index in [1.165, 1.54) is 0 Å². The molecule has 248 valence electrons. The summed E-state index contributed by atoms with van der Waals surface area (Å²) in [5, 5.41) is 0. The van der Waals surface area contributed by atoms with Gasteiger partial charge >= 0.3 is 0 Å². The molecule has 0 saturated carbocycles. The zero-order valence-electron chi connectivity index (χ0n) is 27.4. The maximum Gasteiger partial charge on any atom is 0.257 e. The standard InChI is InChI=1S/C37H44N4O6/c1-24-22-40-32(20-38-30-14-12-26(44-3)18-28(30)36(40)42)34(24)46-16-10-8-6-5-7-9-11-17-47-35-25(2)23-41-33(35)21-39-31-15-13-27(45-4)19-29(31)37(41)43/h12-15,18-21,32-35H,1-2,5-11,16-17,22-23H2,3-4H3/t32-,33-,34?,35?/m1/s1. The monoisotopic (exact) mass is 640 g/mol. The van der Waals surface area contributed by atoms with Crippen molar-refractivity contribution in [3.8, 4) is 11.5 Å². The number of amides is 2. The van der Waals surface area contributed by atoms with Crippen molar-refractivity contribution < 1.29 is 28.5 Å². The van der Waals surface area contributed by atoms with Crippen LogP contribution in [0.25, 0.3) is 0 Å². The Bertz CT molecular complexity index is 1470. The lowest BCUT2D eigenvalue weighted by molar-refractivity contribution is 0.0506. The number of methoxy groups -OCH3 is 2. The summed E-state index contributed by atoms with van der Waals surface area (Å²) in [5.41, 5.74) is 4.18. The van der Waals surface area contributed by atoms with Crippen molar-refractivity contribution in [1.82, 2.24) is 9.80 Å². The van der Waals surface area contributed by atoms with Gasteiger partial charge in [-0.15, -0.1) is 0 Å². The first-order valence-electron chi connectivity index (χ1n) is 16.5. The molecule has 0 N–H and O–H groups in total. The number of benzene rings is 2. The highest BCUT2D eigenvalue weighted by Crippen LogP contribution is 2.35. The van der Waals surface area contributed by atoms with Crippen molar-refractivity contribution in [1.29, 1.82) is 0 Å². The quantitative estimate of drug-likeness (QED) is 0.183. The van der Waals surface area contributed by atoms with Gasteiger partial charge in [-0.1, -0.05) is 45.3 Å². The summed E-state index contributed by atoms with van der Waals surface area (Å²) in [6, 6.07) is 10.2.